The minimum absolute atomic E-state index is 0.00286. The van der Waals surface area contributed by atoms with Crippen LogP contribution in [-0.4, -0.2) is 59.5 Å². The zero-order chi connectivity index (χ0) is 19.7. The number of carbonyl (C=O) groups excluding carboxylic acids is 2. The van der Waals surface area contributed by atoms with Crippen molar-refractivity contribution in [3.63, 3.8) is 0 Å². The highest BCUT2D eigenvalue weighted by Gasteiger charge is 2.28. The van der Waals surface area contributed by atoms with Crippen molar-refractivity contribution in [2.24, 2.45) is 7.05 Å². The van der Waals surface area contributed by atoms with Crippen LogP contribution in [0.3, 0.4) is 0 Å². The van der Waals surface area contributed by atoms with Crippen molar-refractivity contribution >= 4 is 22.7 Å². The number of hydrogen-bond acceptors (Lipinski definition) is 3. The molecule has 6 nitrogen and oxygen atoms in total. The Morgan fingerprint density at radius 1 is 0.857 bits per heavy atom. The van der Waals surface area contributed by atoms with Gasteiger partial charge in [0.25, 0.3) is 11.8 Å². The van der Waals surface area contributed by atoms with Crippen molar-refractivity contribution in [3.05, 3.63) is 65.9 Å². The first-order valence-corrected chi connectivity index (χ1v) is 9.36. The maximum Gasteiger partial charge on any atom is 0.270 e. The maximum absolute atomic E-state index is 13.0. The van der Waals surface area contributed by atoms with E-state index in [0.29, 0.717) is 43.2 Å². The molecule has 2 heterocycles. The number of ether oxygens (including phenoxy) is 1. The van der Waals surface area contributed by atoms with Gasteiger partial charge in [0.1, 0.15) is 11.4 Å². The zero-order valence-electron chi connectivity index (χ0n) is 16.1. The highest BCUT2D eigenvalue weighted by atomic mass is 16.5. The largest absolute Gasteiger partial charge is 0.496 e. The van der Waals surface area contributed by atoms with Crippen molar-refractivity contribution in [3.8, 4) is 5.75 Å². The first-order valence-electron chi connectivity index (χ1n) is 9.36. The van der Waals surface area contributed by atoms with Crippen molar-refractivity contribution in [1.29, 1.82) is 0 Å². The van der Waals surface area contributed by atoms with Crippen LogP contribution in [0.2, 0.25) is 0 Å². The average Bonchev–Trinajstić information content (AvgIpc) is 3.09. The van der Waals surface area contributed by atoms with Crippen LogP contribution >= 0.6 is 0 Å². The molecule has 0 unspecified atom stereocenters. The van der Waals surface area contributed by atoms with Gasteiger partial charge < -0.3 is 19.1 Å². The maximum atomic E-state index is 13.0. The lowest BCUT2D eigenvalue weighted by atomic mass is 10.1. The van der Waals surface area contributed by atoms with Crippen molar-refractivity contribution in [2.75, 3.05) is 33.3 Å². The molecule has 2 amide bonds. The van der Waals surface area contributed by atoms with Gasteiger partial charge in [-0.3, -0.25) is 9.59 Å². The molecule has 1 aliphatic heterocycles. The molecule has 4 rings (SSSR count). The summed E-state index contributed by atoms with van der Waals surface area (Å²) < 4.78 is 7.24. The van der Waals surface area contributed by atoms with Gasteiger partial charge in [0.15, 0.2) is 0 Å². The van der Waals surface area contributed by atoms with Crippen LogP contribution in [0.15, 0.2) is 54.6 Å². The van der Waals surface area contributed by atoms with Crippen LogP contribution in [0.1, 0.15) is 20.8 Å². The molecule has 0 spiro atoms. The third kappa shape index (κ3) is 3.11. The van der Waals surface area contributed by atoms with Gasteiger partial charge in [0.05, 0.1) is 12.7 Å². The molecule has 3 aromatic rings. The van der Waals surface area contributed by atoms with Gasteiger partial charge in [-0.2, -0.15) is 0 Å². The first-order chi connectivity index (χ1) is 13.6. The molecular weight excluding hydrogens is 354 g/mol. The van der Waals surface area contributed by atoms with E-state index in [1.54, 1.807) is 24.1 Å². The van der Waals surface area contributed by atoms with Crippen molar-refractivity contribution in [1.82, 2.24) is 14.4 Å². The molecule has 0 N–H and O–H groups in total. The number of nitrogens with zero attached hydrogens (tertiary/aromatic N) is 3. The van der Waals surface area contributed by atoms with Crippen LogP contribution in [0.25, 0.3) is 10.9 Å². The molecule has 2 aromatic carbocycles. The van der Waals surface area contributed by atoms with Crippen LogP contribution in [-0.2, 0) is 7.05 Å². The number of fused-ring (bicyclic) bond motifs is 1. The summed E-state index contributed by atoms with van der Waals surface area (Å²) in [5.41, 5.74) is 2.26. The standard InChI is InChI=1S/C22H23N3O3/c1-23-18-9-5-3-7-16(18)15-19(23)22(27)25-13-11-24(12-14-25)21(26)17-8-4-6-10-20(17)28-2/h3-10,15H,11-14H2,1-2H3. The monoisotopic (exact) mass is 377 g/mol. The third-order valence-corrected chi connectivity index (χ3v) is 5.36. The minimum Gasteiger partial charge on any atom is -0.496 e. The highest BCUT2D eigenvalue weighted by Crippen LogP contribution is 2.22. The van der Waals surface area contributed by atoms with Crippen molar-refractivity contribution in [2.45, 2.75) is 0 Å². The predicted molar refractivity (Wildman–Crippen MR) is 108 cm³/mol. The summed E-state index contributed by atoms with van der Waals surface area (Å²) in [7, 11) is 3.48. The Hall–Kier alpha value is -3.28. The number of amides is 2. The molecule has 0 atom stereocenters. The second-order valence-electron chi connectivity index (χ2n) is 6.93. The fourth-order valence-corrected chi connectivity index (χ4v) is 3.76. The lowest BCUT2D eigenvalue weighted by Gasteiger charge is -2.35. The predicted octanol–water partition coefficient (Wildman–Crippen LogP) is 2.79. The lowest BCUT2D eigenvalue weighted by molar-refractivity contribution is 0.0528. The second-order valence-corrected chi connectivity index (χ2v) is 6.93. The highest BCUT2D eigenvalue weighted by molar-refractivity contribution is 5.99. The van der Waals surface area contributed by atoms with Crippen molar-refractivity contribution < 1.29 is 14.3 Å². The van der Waals surface area contributed by atoms with Crippen LogP contribution in [0.5, 0.6) is 5.75 Å². The summed E-state index contributed by atoms with van der Waals surface area (Å²) in [6, 6.07) is 17.1. The summed E-state index contributed by atoms with van der Waals surface area (Å²) in [5, 5.41) is 1.05. The van der Waals surface area contributed by atoms with E-state index >= 15 is 0 Å². The van der Waals surface area contributed by atoms with Crippen LogP contribution < -0.4 is 4.74 Å². The Bertz CT molecular complexity index is 1030. The van der Waals surface area contributed by atoms with Crippen LogP contribution in [0.4, 0.5) is 0 Å². The number of aromatic nitrogens is 1. The number of methoxy groups -OCH3 is 1. The molecule has 0 radical (unpaired) electrons. The van der Waals surface area contributed by atoms with Crippen LogP contribution in [0, 0.1) is 0 Å². The van der Waals surface area contributed by atoms with Gasteiger partial charge >= 0.3 is 0 Å². The van der Waals surface area contributed by atoms with Gasteiger partial charge in [-0.15, -0.1) is 0 Å². The second kappa shape index (κ2) is 7.38. The SMILES string of the molecule is COc1ccccc1C(=O)N1CCN(C(=O)c2cc3ccccc3n2C)CC1. The molecule has 0 aliphatic carbocycles. The topological polar surface area (TPSA) is 54.8 Å². The molecule has 1 saturated heterocycles. The summed E-state index contributed by atoms with van der Waals surface area (Å²) in [6.45, 7) is 2.04. The smallest absolute Gasteiger partial charge is 0.270 e. The lowest BCUT2D eigenvalue weighted by Crippen LogP contribution is -2.50. The number of piperazine rings is 1. The summed E-state index contributed by atoms with van der Waals surface area (Å²) in [6.07, 6.45) is 0. The van der Waals surface area contributed by atoms with E-state index in [1.807, 2.05) is 59.0 Å². The number of hydrogen-bond donors (Lipinski definition) is 0. The van der Waals surface area contributed by atoms with E-state index < -0.39 is 0 Å². The number of carbonyl (C=O) groups is 2. The number of rotatable bonds is 3. The van der Waals surface area contributed by atoms with E-state index in [4.69, 9.17) is 4.74 Å². The van der Waals surface area contributed by atoms with Gasteiger partial charge in [-0.05, 0) is 24.3 Å². The van der Waals surface area contributed by atoms with Gasteiger partial charge in [0.2, 0.25) is 0 Å². The fraction of sp³-hybridized carbons (Fsp3) is 0.273. The van der Waals surface area contributed by atoms with E-state index in [0.717, 1.165) is 10.9 Å². The van der Waals surface area contributed by atoms with E-state index in [2.05, 4.69) is 0 Å². The molecule has 0 bridgehead atoms. The molecule has 1 aliphatic rings. The van der Waals surface area contributed by atoms with Gasteiger partial charge in [0, 0.05) is 44.1 Å². The molecule has 1 fully saturated rings. The average molecular weight is 377 g/mol. The van der Waals surface area contributed by atoms with E-state index in [-0.39, 0.29) is 11.8 Å². The molecule has 28 heavy (non-hydrogen) atoms. The fourth-order valence-electron chi connectivity index (χ4n) is 3.76. The Kier molecular flexibility index (Phi) is 4.77. The summed E-state index contributed by atoms with van der Waals surface area (Å²) in [5.74, 6) is 0.513. The van der Waals surface area contributed by atoms with Gasteiger partial charge in [-0.1, -0.05) is 30.3 Å². The third-order valence-electron chi connectivity index (χ3n) is 5.36. The van der Waals surface area contributed by atoms with E-state index in [1.165, 1.54) is 0 Å². The Labute approximate surface area is 163 Å². The Balaban J connectivity index is 1.47. The molecular formula is C22H23N3O3. The number of para-hydroxylation sites is 2. The molecule has 1 aromatic heterocycles. The normalized spacial score (nSPS) is 14.4. The molecule has 0 saturated carbocycles. The van der Waals surface area contributed by atoms with E-state index in [9.17, 15) is 9.59 Å². The number of benzene rings is 2. The summed E-state index contributed by atoms with van der Waals surface area (Å²) >= 11 is 0. The first kappa shape index (κ1) is 18.1. The summed E-state index contributed by atoms with van der Waals surface area (Å²) in [4.78, 5) is 29.5. The molecule has 144 valence electrons. The molecule has 6 heteroatoms. The zero-order valence-corrected chi connectivity index (χ0v) is 16.1. The number of aryl methyl sites for hydroxylation is 1. The minimum atomic E-state index is -0.0610. The Morgan fingerprint density at radius 2 is 1.46 bits per heavy atom. The Morgan fingerprint density at radius 3 is 2.14 bits per heavy atom. The van der Waals surface area contributed by atoms with Gasteiger partial charge in [-0.25, -0.2) is 0 Å². The quantitative estimate of drug-likeness (QED) is 0.705.